The third-order valence-electron chi connectivity index (χ3n) is 1.93. The lowest BCUT2D eigenvalue weighted by Gasteiger charge is -2.09. The molecule has 0 aliphatic heterocycles. The second kappa shape index (κ2) is 3.51. The Morgan fingerprint density at radius 1 is 1.64 bits per heavy atom. The van der Waals surface area contributed by atoms with Crippen molar-refractivity contribution in [1.82, 2.24) is 4.98 Å². The lowest BCUT2D eigenvalue weighted by Crippen LogP contribution is -1.97. The van der Waals surface area contributed by atoms with Gasteiger partial charge in [-0.25, -0.2) is 0 Å². The van der Waals surface area contributed by atoms with Gasteiger partial charge in [0.25, 0.3) is 0 Å². The van der Waals surface area contributed by atoms with Gasteiger partial charge in [-0.05, 0) is 31.9 Å². The van der Waals surface area contributed by atoms with Gasteiger partial charge < -0.3 is 0 Å². The molecule has 1 atom stereocenters. The molecule has 0 amide bonds. The van der Waals surface area contributed by atoms with E-state index in [4.69, 9.17) is 0 Å². The van der Waals surface area contributed by atoms with Crippen molar-refractivity contribution in [3.8, 4) is 0 Å². The Bertz CT molecular complexity index is 230. The van der Waals surface area contributed by atoms with E-state index in [2.05, 4.69) is 31.8 Å². The Morgan fingerprint density at radius 2 is 2.36 bits per heavy atom. The van der Waals surface area contributed by atoms with Crippen LogP contribution in [0.2, 0.25) is 0 Å². The van der Waals surface area contributed by atoms with Crippen molar-refractivity contribution >= 4 is 0 Å². The summed E-state index contributed by atoms with van der Waals surface area (Å²) in [4.78, 5) is 4.29. The zero-order valence-electron chi connectivity index (χ0n) is 7.17. The molecule has 0 saturated heterocycles. The predicted molar refractivity (Wildman–Crippen MR) is 47.4 cm³/mol. The molecule has 59 valence electrons. The summed E-state index contributed by atoms with van der Waals surface area (Å²) in [6.07, 6.45) is 2.88. The summed E-state index contributed by atoms with van der Waals surface area (Å²) in [5, 5.41) is 0. The van der Waals surface area contributed by atoms with Crippen LogP contribution in [0.5, 0.6) is 0 Å². The van der Waals surface area contributed by atoms with E-state index in [1.807, 2.05) is 12.3 Å². The minimum atomic E-state index is 0.344. The van der Waals surface area contributed by atoms with Crippen molar-refractivity contribution in [1.29, 1.82) is 0 Å². The number of hydrogen-bond donors (Lipinski definition) is 0. The molecule has 0 bridgehead atoms. The number of aryl methyl sites for hydroxylation is 1. The first-order valence-electron chi connectivity index (χ1n) is 4.00. The smallest absolute Gasteiger partial charge is 0.0463 e. The molecule has 1 radical (unpaired) electrons. The average molecular weight is 148 g/mol. The maximum absolute atomic E-state index is 4.29. The largest absolute Gasteiger partial charge is 0.261 e. The first-order valence-corrected chi connectivity index (χ1v) is 4.00. The van der Waals surface area contributed by atoms with Gasteiger partial charge in [0.2, 0.25) is 0 Å². The molecule has 0 aliphatic rings. The van der Waals surface area contributed by atoms with E-state index in [9.17, 15) is 0 Å². The highest BCUT2D eigenvalue weighted by Crippen LogP contribution is 2.18. The number of hydrogen-bond acceptors (Lipinski definition) is 1. The second-order valence-electron chi connectivity index (χ2n) is 2.81. The minimum Gasteiger partial charge on any atom is -0.261 e. The van der Waals surface area contributed by atoms with Gasteiger partial charge in [-0.1, -0.05) is 13.0 Å². The molecule has 1 rings (SSSR count). The van der Waals surface area contributed by atoms with Crippen molar-refractivity contribution in [2.45, 2.75) is 26.2 Å². The van der Waals surface area contributed by atoms with E-state index in [1.54, 1.807) is 0 Å². The van der Waals surface area contributed by atoms with Crippen molar-refractivity contribution in [2.75, 3.05) is 0 Å². The SMILES string of the molecule is [CH2]C(CC)c1ncccc1C. The molecule has 1 unspecified atom stereocenters. The Labute approximate surface area is 68.5 Å². The lowest BCUT2D eigenvalue weighted by atomic mass is 10.0. The fraction of sp³-hybridized carbons (Fsp3) is 0.400. The van der Waals surface area contributed by atoms with Gasteiger partial charge in [0, 0.05) is 17.8 Å². The molecule has 0 saturated carbocycles. The summed E-state index contributed by atoms with van der Waals surface area (Å²) in [6.45, 7) is 8.24. The summed E-state index contributed by atoms with van der Waals surface area (Å²) in [6, 6.07) is 4.04. The van der Waals surface area contributed by atoms with Gasteiger partial charge in [0.05, 0.1) is 0 Å². The number of aromatic nitrogens is 1. The molecule has 0 N–H and O–H groups in total. The van der Waals surface area contributed by atoms with Gasteiger partial charge in [0.1, 0.15) is 0 Å². The molecule has 1 nitrogen and oxygen atoms in total. The van der Waals surface area contributed by atoms with Crippen molar-refractivity contribution in [3.05, 3.63) is 36.5 Å². The van der Waals surface area contributed by atoms with Crippen LogP contribution in [0.25, 0.3) is 0 Å². The Kier molecular flexibility index (Phi) is 2.64. The van der Waals surface area contributed by atoms with Gasteiger partial charge in [0.15, 0.2) is 0 Å². The van der Waals surface area contributed by atoms with E-state index in [0.29, 0.717) is 5.92 Å². The van der Waals surface area contributed by atoms with E-state index in [0.717, 1.165) is 12.1 Å². The summed E-state index contributed by atoms with van der Waals surface area (Å²) in [7, 11) is 0. The van der Waals surface area contributed by atoms with Crippen LogP contribution in [0, 0.1) is 13.8 Å². The highest BCUT2D eigenvalue weighted by atomic mass is 14.7. The van der Waals surface area contributed by atoms with Crippen LogP contribution in [0.1, 0.15) is 30.5 Å². The molecular weight excluding hydrogens is 134 g/mol. The third-order valence-corrected chi connectivity index (χ3v) is 1.93. The topological polar surface area (TPSA) is 12.9 Å². The van der Waals surface area contributed by atoms with Crippen LogP contribution in [0.15, 0.2) is 18.3 Å². The fourth-order valence-corrected chi connectivity index (χ4v) is 1.12. The zero-order valence-corrected chi connectivity index (χ0v) is 7.17. The minimum absolute atomic E-state index is 0.344. The summed E-state index contributed by atoms with van der Waals surface area (Å²) < 4.78 is 0. The number of pyridine rings is 1. The van der Waals surface area contributed by atoms with Gasteiger partial charge >= 0.3 is 0 Å². The average Bonchev–Trinajstić information content (AvgIpc) is 2.04. The maximum atomic E-state index is 4.29. The van der Waals surface area contributed by atoms with Gasteiger partial charge in [-0.15, -0.1) is 0 Å². The van der Waals surface area contributed by atoms with Crippen molar-refractivity contribution in [2.24, 2.45) is 0 Å². The lowest BCUT2D eigenvalue weighted by molar-refractivity contribution is 0.763. The van der Waals surface area contributed by atoms with Crippen LogP contribution < -0.4 is 0 Å². The molecule has 1 heteroatoms. The maximum Gasteiger partial charge on any atom is 0.0463 e. The Morgan fingerprint density at radius 3 is 2.91 bits per heavy atom. The van der Waals surface area contributed by atoms with E-state index in [-0.39, 0.29) is 0 Å². The summed E-state index contributed by atoms with van der Waals surface area (Å²) >= 11 is 0. The first kappa shape index (κ1) is 8.25. The molecule has 0 aromatic carbocycles. The normalized spacial score (nSPS) is 13.0. The molecule has 11 heavy (non-hydrogen) atoms. The van der Waals surface area contributed by atoms with Crippen LogP contribution in [0.3, 0.4) is 0 Å². The molecule has 1 aromatic rings. The van der Waals surface area contributed by atoms with Gasteiger partial charge in [-0.3, -0.25) is 4.98 Å². The van der Waals surface area contributed by atoms with Crippen molar-refractivity contribution in [3.63, 3.8) is 0 Å². The highest BCUT2D eigenvalue weighted by Gasteiger charge is 2.05. The Balaban J connectivity index is 2.93. The van der Waals surface area contributed by atoms with E-state index >= 15 is 0 Å². The fourth-order valence-electron chi connectivity index (χ4n) is 1.12. The summed E-state index contributed by atoms with van der Waals surface area (Å²) in [5.41, 5.74) is 2.38. The summed E-state index contributed by atoms with van der Waals surface area (Å²) in [5.74, 6) is 0.344. The first-order chi connectivity index (χ1) is 5.25. The number of rotatable bonds is 2. The van der Waals surface area contributed by atoms with E-state index in [1.165, 1.54) is 5.56 Å². The third kappa shape index (κ3) is 1.79. The van der Waals surface area contributed by atoms with Crippen LogP contribution in [0.4, 0.5) is 0 Å². The zero-order chi connectivity index (χ0) is 8.27. The molecule has 0 fully saturated rings. The molecule has 0 aliphatic carbocycles. The molecule has 0 spiro atoms. The van der Waals surface area contributed by atoms with Crippen molar-refractivity contribution < 1.29 is 0 Å². The van der Waals surface area contributed by atoms with Crippen LogP contribution >= 0.6 is 0 Å². The van der Waals surface area contributed by atoms with E-state index < -0.39 is 0 Å². The predicted octanol–water partition coefficient (Wildman–Crippen LogP) is 2.72. The number of nitrogens with zero attached hydrogens (tertiary/aromatic N) is 1. The van der Waals surface area contributed by atoms with Gasteiger partial charge in [-0.2, -0.15) is 0 Å². The quantitative estimate of drug-likeness (QED) is 0.628. The highest BCUT2D eigenvalue weighted by molar-refractivity contribution is 5.21. The Hall–Kier alpha value is -0.850. The standard InChI is InChI=1S/C10H14N/c1-4-8(2)10-9(3)6-5-7-11-10/h5-8H,2,4H2,1,3H3. The van der Waals surface area contributed by atoms with Crippen LogP contribution in [-0.4, -0.2) is 4.98 Å². The van der Waals surface area contributed by atoms with Crippen LogP contribution in [-0.2, 0) is 0 Å². The second-order valence-corrected chi connectivity index (χ2v) is 2.81. The molecule has 1 heterocycles. The molecule has 1 aromatic heterocycles. The monoisotopic (exact) mass is 148 g/mol. The molecular formula is C10H14N.